The molecule has 0 amide bonds. The van der Waals surface area contributed by atoms with Crippen LogP contribution in [0.1, 0.15) is 37.8 Å². The van der Waals surface area contributed by atoms with Crippen molar-refractivity contribution < 1.29 is 4.79 Å². The van der Waals surface area contributed by atoms with E-state index < -0.39 is 0 Å². The predicted octanol–water partition coefficient (Wildman–Crippen LogP) is 3.39. The second-order valence-electron chi connectivity index (χ2n) is 4.50. The number of hydrogen-bond acceptors (Lipinski definition) is 1. The molecule has 1 unspecified atom stereocenters. The number of Topliss-reactive ketones (excluding diaryl/α,β-unsaturated/α-hetero) is 1. The summed E-state index contributed by atoms with van der Waals surface area (Å²) in [4.78, 5) is 11.1. The lowest BCUT2D eigenvalue weighted by Gasteiger charge is -2.09. The molecule has 0 saturated heterocycles. The molecule has 0 saturated carbocycles. The van der Waals surface area contributed by atoms with Gasteiger partial charge in [0.05, 0.1) is 0 Å². The highest BCUT2D eigenvalue weighted by atomic mass is 16.1. The zero-order chi connectivity index (χ0) is 11.4. The van der Waals surface area contributed by atoms with E-state index in [0.29, 0.717) is 5.92 Å². The van der Waals surface area contributed by atoms with Crippen molar-refractivity contribution in [3.8, 4) is 0 Å². The van der Waals surface area contributed by atoms with E-state index in [1.807, 2.05) is 12.1 Å². The summed E-state index contributed by atoms with van der Waals surface area (Å²) in [5, 5.41) is 0. The molecule has 0 aromatic heterocycles. The Kier molecular flexibility index (Phi) is 4.07. The van der Waals surface area contributed by atoms with Crippen LogP contribution in [0.25, 0.3) is 0 Å². The Hall–Kier alpha value is -1.11. The van der Waals surface area contributed by atoms with Crippen LogP contribution >= 0.6 is 0 Å². The fourth-order valence-corrected chi connectivity index (χ4v) is 1.59. The Morgan fingerprint density at radius 1 is 1.27 bits per heavy atom. The van der Waals surface area contributed by atoms with E-state index in [1.165, 1.54) is 5.56 Å². The molecule has 0 aliphatic carbocycles. The van der Waals surface area contributed by atoms with Crippen molar-refractivity contribution in [2.45, 2.75) is 33.1 Å². The molecule has 1 radical (unpaired) electrons. The Balaban J connectivity index is 2.76. The summed E-state index contributed by atoms with van der Waals surface area (Å²) in [5.41, 5.74) is 2.33. The van der Waals surface area contributed by atoms with Crippen LogP contribution in [0, 0.1) is 12.8 Å². The molecule has 15 heavy (non-hydrogen) atoms. The molecule has 1 aromatic rings. The molecular weight excluding hydrogens is 184 g/mol. The van der Waals surface area contributed by atoms with E-state index in [9.17, 15) is 4.79 Å². The van der Waals surface area contributed by atoms with Gasteiger partial charge in [0.2, 0.25) is 0 Å². The highest BCUT2D eigenvalue weighted by molar-refractivity contribution is 5.84. The molecule has 0 N–H and O–H groups in total. The molecule has 1 nitrogen and oxygen atoms in total. The summed E-state index contributed by atoms with van der Waals surface area (Å²) in [6.45, 7) is 9.84. The summed E-state index contributed by atoms with van der Waals surface area (Å²) >= 11 is 0. The van der Waals surface area contributed by atoms with Gasteiger partial charge < -0.3 is 0 Å². The van der Waals surface area contributed by atoms with Crippen LogP contribution in [0.3, 0.4) is 0 Å². The molecular formula is C14H19O. The molecule has 0 aliphatic heterocycles. The first-order valence-electron chi connectivity index (χ1n) is 5.43. The van der Waals surface area contributed by atoms with Crippen LogP contribution in [-0.2, 0) is 11.2 Å². The molecule has 1 rings (SSSR count). The van der Waals surface area contributed by atoms with Crippen molar-refractivity contribution in [1.29, 1.82) is 0 Å². The maximum Gasteiger partial charge on any atom is 0.137 e. The largest absolute Gasteiger partial charge is 0.299 e. The average Bonchev–Trinajstić information content (AvgIpc) is 2.17. The number of ketones is 1. The van der Waals surface area contributed by atoms with Crippen LogP contribution in [0.4, 0.5) is 0 Å². The molecule has 0 heterocycles. The second-order valence-corrected chi connectivity index (χ2v) is 4.50. The van der Waals surface area contributed by atoms with Gasteiger partial charge >= 0.3 is 0 Å². The number of rotatable bonds is 4. The summed E-state index contributed by atoms with van der Waals surface area (Å²) < 4.78 is 0. The first-order chi connectivity index (χ1) is 7.00. The first-order valence-corrected chi connectivity index (χ1v) is 5.43. The van der Waals surface area contributed by atoms with Gasteiger partial charge in [0.1, 0.15) is 5.78 Å². The average molecular weight is 203 g/mol. The third kappa shape index (κ3) is 3.50. The third-order valence-electron chi connectivity index (χ3n) is 2.52. The molecule has 0 fully saturated rings. The van der Waals surface area contributed by atoms with Gasteiger partial charge in [-0.15, -0.1) is 0 Å². The number of hydrogen-bond donors (Lipinski definition) is 0. The standard InChI is InChI=1S/C14H19O/c1-10(2)9-13-5-7-14(8-6-13)11(3)12(4)15/h5-8,10-11H,3,9H2,1-2,4H3. The number of benzene rings is 1. The van der Waals surface area contributed by atoms with Crippen LogP contribution in [0.5, 0.6) is 0 Å². The zero-order valence-corrected chi connectivity index (χ0v) is 9.79. The number of carbonyl (C=O) groups is 1. The van der Waals surface area contributed by atoms with Crippen LogP contribution in [0.15, 0.2) is 24.3 Å². The third-order valence-corrected chi connectivity index (χ3v) is 2.52. The fourth-order valence-electron chi connectivity index (χ4n) is 1.59. The molecule has 0 spiro atoms. The fraction of sp³-hybridized carbons (Fsp3) is 0.429. The van der Waals surface area contributed by atoms with E-state index in [2.05, 4.69) is 32.9 Å². The van der Waals surface area contributed by atoms with Crippen molar-refractivity contribution >= 4 is 5.78 Å². The van der Waals surface area contributed by atoms with Crippen molar-refractivity contribution in [1.82, 2.24) is 0 Å². The topological polar surface area (TPSA) is 17.1 Å². The van der Waals surface area contributed by atoms with E-state index in [1.54, 1.807) is 6.92 Å². The minimum absolute atomic E-state index is 0.117. The predicted molar refractivity (Wildman–Crippen MR) is 63.8 cm³/mol. The lowest BCUT2D eigenvalue weighted by Crippen LogP contribution is -2.04. The lowest BCUT2D eigenvalue weighted by atomic mass is 9.95. The molecule has 1 atom stereocenters. The lowest BCUT2D eigenvalue weighted by molar-refractivity contribution is -0.117. The van der Waals surface area contributed by atoms with Crippen LogP contribution < -0.4 is 0 Å². The van der Waals surface area contributed by atoms with Crippen LogP contribution in [-0.4, -0.2) is 5.78 Å². The van der Waals surface area contributed by atoms with Gasteiger partial charge in [-0.1, -0.05) is 38.1 Å². The summed E-state index contributed by atoms with van der Waals surface area (Å²) in [6, 6.07) is 8.21. The Morgan fingerprint density at radius 2 is 1.80 bits per heavy atom. The van der Waals surface area contributed by atoms with Gasteiger partial charge in [-0.2, -0.15) is 0 Å². The molecule has 1 aromatic carbocycles. The molecule has 0 bridgehead atoms. The SMILES string of the molecule is [CH2]C(C(C)=O)c1ccc(CC(C)C)cc1. The Bertz CT molecular complexity index is 322. The van der Waals surface area contributed by atoms with E-state index in [-0.39, 0.29) is 11.7 Å². The molecule has 0 aliphatic rings. The zero-order valence-electron chi connectivity index (χ0n) is 9.79. The molecule has 1 heteroatoms. The number of carbonyl (C=O) groups excluding carboxylic acids is 1. The van der Waals surface area contributed by atoms with Gasteiger partial charge in [-0.3, -0.25) is 4.79 Å². The quantitative estimate of drug-likeness (QED) is 0.733. The van der Waals surface area contributed by atoms with Crippen molar-refractivity contribution in [3.63, 3.8) is 0 Å². The maximum absolute atomic E-state index is 11.1. The smallest absolute Gasteiger partial charge is 0.137 e. The van der Waals surface area contributed by atoms with Gasteiger partial charge in [-0.05, 0) is 37.3 Å². The molecule has 81 valence electrons. The summed E-state index contributed by atoms with van der Waals surface area (Å²) in [7, 11) is 0. The highest BCUT2D eigenvalue weighted by Gasteiger charge is 2.10. The van der Waals surface area contributed by atoms with Crippen LogP contribution in [0.2, 0.25) is 0 Å². The van der Waals surface area contributed by atoms with Gasteiger partial charge in [0.25, 0.3) is 0 Å². The maximum atomic E-state index is 11.1. The van der Waals surface area contributed by atoms with Crippen molar-refractivity contribution in [2.75, 3.05) is 0 Å². The summed E-state index contributed by atoms with van der Waals surface area (Å²) in [5.74, 6) is 0.559. The van der Waals surface area contributed by atoms with Gasteiger partial charge in [0, 0.05) is 5.92 Å². The Morgan fingerprint density at radius 3 is 2.20 bits per heavy atom. The van der Waals surface area contributed by atoms with Gasteiger partial charge in [-0.25, -0.2) is 0 Å². The van der Waals surface area contributed by atoms with Crippen molar-refractivity contribution in [3.05, 3.63) is 42.3 Å². The minimum atomic E-state index is -0.224. The minimum Gasteiger partial charge on any atom is -0.299 e. The first kappa shape index (κ1) is 12.0. The van der Waals surface area contributed by atoms with Crippen molar-refractivity contribution in [2.24, 2.45) is 5.92 Å². The summed E-state index contributed by atoms with van der Waals surface area (Å²) in [6.07, 6.45) is 1.09. The monoisotopic (exact) mass is 203 g/mol. The van der Waals surface area contributed by atoms with Gasteiger partial charge in [0.15, 0.2) is 0 Å². The highest BCUT2D eigenvalue weighted by Crippen LogP contribution is 2.17. The Labute approximate surface area is 92.5 Å². The van der Waals surface area contributed by atoms with E-state index in [0.717, 1.165) is 12.0 Å². The van der Waals surface area contributed by atoms with E-state index in [4.69, 9.17) is 0 Å². The van der Waals surface area contributed by atoms with E-state index >= 15 is 0 Å². The normalized spacial score (nSPS) is 12.9. The second kappa shape index (κ2) is 5.11.